The fourth-order valence-electron chi connectivity index (χ4n) is 1.72. The first kappa shape index (κ1) is 18.1. The Bertz CT molecular complexity index is 416. The monoisotopic (exact) mass is 362 g/mol. The first-order valence-corrected chi connectivity index (χ1v) is 10.7. The van der Waals surface area contributed by atoms with Crippen molar-refractivity contribution in [3.63, 3.8) is 0 Å². The van der Waals surface area contributed by atoms with Crippen LogP contribution in [-0.4, -0.2) is 31.9 Å². The van der Waals surface area contributed by atoms with Gasteiger partial charge in [0, 0.05) is 0 Å². The Balaban J connectivity index is 2.95. The minimum Gasteiger partial charge on any atom is -0.404 e. The molecule has 2 atom stereocenters. The molecule has 20 heavy (non-hydrogen) atoms. The lowest BCUT2D eigenvalue weighted by molar-refractivity contribution is -0.131. The van der Waals surface area contributed by atoms with Crippen LogP contribution in [0, 0.1) is 0 Å². The molecule has 1 aliphatic rings. The highest BCUT2D eigenvalue weighted by Gasteiger charge is 2.46. The van der Waals surface area contributed by atoms with Crippen LogP contribution in [0.4, 0.5) is 0 Å². The predicted octanol–water partition coefficient (Wildman–Crippen LogP) is 4.42. The third-order valence-electron chi connectivity index (χ3n) is 3.82. The van der Waals surface area contributed by atoms with E-state index in [2.05, 4.69) is 49.8 Å². The molecule has 5 heteroatoms. The SMILES string of the molecule is CC(C)(C)O[C@@H]1C=C(Br)C(=O)[C@H]1O[Si](C)(C)C(C)(C)C. The van der Waals surface area contributed by atoms with Gasteiger partial charge in [-0.05, 0) is 60.9 Å². The molecule has 0 bridgehead atoms. The summed E-state index contributed by atoms with van der Waals surface area (Å²) in [6.07, 6.45) is 0.987. The number of hydrogen-bond acceptors (Lipinski definition) is 3. The summed E-state index contributed by atoms with van der Waals surface area (Å²) in [5.41, 5.74) is -0.311. The van der Waals surface area contributed by atoms with Crippen LogP contribution < -0.4 is 0 Å². The minimum absolute atomic E-state index is 0.0101. The molecular formula is C15H27BrO3Si. The van der Waals surface area contributed by atoms with Crippen molar-refractivity contribution >= 4 is 30.0 Å². The molecular weight excluding hydrogens is 336 g/mol. The normalized spacial score (nSPS) is 25.1. The number of halogens is 1. The summed E-state index contributed by atoms with van der Waals surface area (Å²) in [5, 5.41) is 0.0641. The molecule has 0 heterocycles. The number of Topliss-reactive ketones (excluding diaryl/α,β-unsaturated/α-hetero) is 1. The van der Waals surface area contributed by atoms with Gasteiger partial charge in [0.15, 0.2) is 14.1 Å². The van der Waals surface area contributed by atoms with E-state index in [-0.39, 0.29) is 22.5 Å². The van der Waals surface area contributed by atoms with Crippen LogP contribution in [-0.2, 0) is 14.0 Å². The highest BCUT2D eigenvalue weighted by molar-refractivity contribution is 9.12. The van der Waals surface area contributed by atoms with Gasteiger partial charge in [-0.25, -0.2) is 0 Å². The Morgan fingerprint density at radius 2 is 1.65 bits per heavy atom. The number of rotatable bonds is 3. The third-order valence-corrected chi connectivity index (χ3v) is 8.93. The topological polar surface area (TPSA) is 35.5 Å². The first-order chi connectivity index (χ1) is 8.74. The maximum atomic E-state index is 12.3. The summed E-state index contributed by atoms with van der Waals surface area (Å²) in [6.45, 7) is 16.8. The van der Waals surface area contributed by atoms with Crippen LogP contribution >= 0.6 is 15.9 Å². The standard InChI is InChI=1S/C15H27BrO3Si/c1-14(2,3)18-11-9-10(16)12(17)13(11)19-20(7,8)15(4,5)6/h9,11,13H,1-8H3/t11-,13+/m1/s1. The van der Waals surface area contributed by atoms with Gasteiger partial charge in [0.2, 0.25) is 0 Å². The summed E-state index contributed by atoms with van der Waals surface area (Å²) in [6, 6.07) is 0. The number of carbonyl (C=O) groups excluding carboxylic acids is 1. The molecule has 116 valence electrons. The second kappa shape index (κ2) is 5.67. The van der Waals surface area contributed by atoms with E-state index < -0.39 is 14.4 Å². The molecule has 0 N–H and O–H groups in total. The van der Waals surface area contributed by atoms with Gasteiger partial charge in [0.05, 0.1) is 10.1 Å². The van der Waals surface area contributed by atoms with Crippen LogP contribution in [0.3, 0.4) is 0 Å². The van der Waals surface area contributed by atoms with Crippen LogP contribution in [0.5, 0.6) is 0 Å². The second-order valence-electron chi connectivity index (χ2n) is 7.87. The molecule has 1 aliphatic carbocycles. The van der Waals surface area contributed by atoms with E-state index in [4.69, 9.17) is 9.16 Å². The molecule has 0 aliphatic heterocycles. The zero-order valence-corrected chi connectivity index (χ0v) is 16.4. The summed E-state index contributed by atoms with van der Waals surface area (Å²) >= 11 is 3.32. The number of carbonyl (C=O) groups is 1. The molecule has 0 aromatic heterocycles. The van der Waals surface area contributed by atoms with E-state index in [1.165, 1.54) is 0 Å². The highest BCUT2D eigenvalue weighted by Crippen LogP contribution is 2.40. The maximum Gasteiger partial charge on any atom is 0.200 e. The third kappa shape index (κ3) is 4.26. The number of ketones is 1. The van der Waals surface area contributed by atoms with Gasteiger partial charge in [-0.1, -0.05) is 20.8 Å². The first-order valence-electron chi connectivity index (χ1n) is 7.02. The summed E-state index contributed by atoms with van der Waals surface area (Å²) in [5.74, 6) is -0.0101. The van der Waals surface area contributed by atoms with E-state index >= 15 is 0 Å². The quantitative estimate of drug-likeness (QED) is 0.696. The van der Waals surface area contributed by atoms with Gasteiger partial charge in [-0.15, -0.1) is 0 Å². The second-order valence-corrected chi connectivity index (χ2v) is 13.5. The minimum atomic E-state index is -2.01. The van der Waals surface area contributed by atoms with Crippen molar-refractivity contribution in [2.24, 2.45) is 0 Å². The van der Waals surface area contributed by atoms with Crippen molar-refractivity contribution in [1.29, 1.82) is 0 Å². The molecule has 0 amide bonds. The van der Waals surface area contributed by atoms with Crippen LogP contribution in [0.25, 0.3) is 0 Å². The van der Waals surface area contributed by atoms with Gasteiger partial charge in [-0.3, -0.25) is 4.79 Å². The lowest BCUT2D eigenvalue weighted by atomic mass is 10.1. The van der Waals surface area contributed by atoms with Crippen molar-refractivity contribution in [2.75, 3.05) is 0 Å². The van der Waals surface area contributed by atoms with Crippen LogP contribution in [0.15, 0.2) is 10.6 Å². The van der Waals surface area contributed by atoms with E-state index in [1.54, 1.807) is 0 Å². The molecule has 3 nitrogen and oxygen atoms in total. The van der Waals surface area contributed by atoms with Gasteiger partial charge in [0.25, 0.3) is 0 Å². The predicted molar refractivity (Wildman–Crippen MR) is 88.7 cm³/mol. The van der Waals surface area contributed by atoms with Gasteiger partial charge < -0.3 is 9.16 Å². The average Bonchev–Trinajstić information content (AvgIpc) is 2.41. The zero-order chi connectivity index (χ0) is 15.9. The smallest absolute Gasteiger partial charge is 0.200 e. The van der Waals surface area contributed by atoms with Crippen molar-refractivity contribution in [3.05, 3.63) is 10.6 Å². The molecule has 0 fully saturated rings. The number of hydrogen-bond donors (Lipinski definition) is 0. The molecule has 0 unspecified atom stereocenters. The number of ether oxygens (including phenoxy) is 1. The van der Waals surface area contributed by atoms with E-state index in [0.29, 0.717) is 4.48 Å². The molecule has 0 aromatic carbocycles. The van der Waals surface area contributed by atoms with Crippen LogP contribution in [0.2, 0.25) is 18.1 Å². The Hall–Kier alpha value is 0.0269. The van der Waals surface area contributed by atoms with Crippen molar-refractivity contribution in [3.8, 4) is 0 Å². The average molecular weight is 363 g/mol. The summed E-state index contributed by atoms with van der Waals surface area (Å²) < 4.78 is 12.8. The summed E-state index contributed by atoms with van der Waals surface area (Å²) in [7, 11) is -2.01. The van der Waals surface area contributed by atoms with E-state index in [0.717, 1.165) is 0 Å². The lowest BCUT2D eigenvalue weighted by Crippen LogP contribution is -2.49. The fraction of sp³-hybridized carbons (Fsp3) is 0.800. The van der Waals surface area contributed by atoms with Crippen molar-refractivity contribution in [2.45, 2.75) is 77.5 Å². The lowest BCUT2D eigenvalue weighted by Gasteiger charge is -2.40. The molecule has 0 saturated carbocycles. The molecule has 0 spiro atoms. The Kier molecular flexibility index (Phi) is 5.12. The molecule has 1 rings (SSSR count). The van der Waals surface area contributed by atoms with E-state index in [1.807, 2.05) is 26.8 Å². The maximum absolute atomic E-state index is 12.3. The van der Waals surface area contributed by atoms with E-state index in [9.17, 15) is 4.79 Å². The van der Waals surface area contributed by atoms with Gasteiger partial charge in [-0.2, -0.15) is 0 Å². The Morgan fingerprint density at radius 1 is 1.15 bits per heavy atom. The Morgan fingerprint density at radius 3 is 2.05 bits per heavy atom. The van der Waals surface area contributed by atoms with Crippen LogP contribution in [0.1, 0.15) is 41.5 Å². The van der Waals surface area contributed by atoms with Gasteiger partial charge >= 0.3 is 0 Å². The Labute approximate surface area is 132 Å². The van der Waals surface area contributed by atoms with Gasteiger partial charge in [0.1, 0.15) is 12.2 Å². The fourth-order valence-corrected chi connectivity index (χ4v) is 3.43. The van der Waals surface area contributed by atoms with Crippen molar-refractivity contribution in [1.82, 2.24) is 0 Å². The summed E-state index contributed by atoms with van der Waals surface area (Å²) in [4.78, 5) is 12.3. The van der Waals surface area contributed by atoms with Crippen molar-refractivity contribution < 1.29 is 14.0 Å². The zero-order valence-electron chi connectivity index (χ0n) is 13.8. The molecule has 0 aromatic rings. The molecule has 0 saturated heterocycles. The molecule has 0 radical (unpaired) electrons. The largest absolute Gasteiger partial charge is 0.404 e. The highest BCUT2D eigenvalue weighted by atomic mass is 79.9.